The Balaban J connectivity index is 2.08. The Hall–Kier alpha value is -2.44. The molecule has 7 nitrogen and oxygen atoms in total. The minimum Gasteiger partial charge on any atom is -0.363 e. The van der Waals surface area contributed by atoms with Crippen LogP contribution in [-0.2, 0) is 11.2 Å². The van der Waals surface area contributed by atoms with Crippen molar-refractivity contribution in [2.45, 2.75) is 13.3 Å². The Morgan fingerprint density at radius 2 is 2.41 bits per heavy atom. The summed E-state index contributed by atoms with van der Waals surface area (Å²) in [6.07, 6.45) is 2.64. The van der Waals surface area contributed by atoms with E-state index in [2.05, 4.69) is 25.0 Å². The van der Waals surface area contributed by atoms with Crippen LogP contribution in [0.15, 0.2) is 28.0 Å². The third kappa shape index (κ3) is 2.57. The molecule has 0 saturated heterocycles. The number of aromatic nitrogens is 3. The number of nitrogens with one attached hydrogen (secondary N) is 2. The highest BCUT2D eigenvalue weighted by molar-refractivity contribution is 5.91. The van der Waals surface area contributed by atoms with Gasteiger partial charge >= 0.3 is 0 Å². The van der Waals surface area contributed by atoms with Gasteiger partial charge in [-0.05, 0) is 6.92 Å². The van der Waals surface area contributed by atoms with Gasteiger partial charge in [0.15, 0.2) is 5.82 Å². The summed E-state index contributed by atoms with van der Waals surface area (Å²) >= 11 is 0. The maximum atomic E-state index is 11.6. The zero-order chi connectivity index (χ0) is 12.3. The summed E-state index contributed by atoms with van der Waals surface area (Å²) < 4.78 is 4.57. The van der Waals surface area contributed by atoms with Crippen LogP contribution in [-0.4, -0.2) is 21.0 Å². The average molecular weight is 234 g/mol. The molecule has 2 rings (SSSR count). The summed E-state index contributed by atoms with van der Waals surface area (Å²) in [4.78, 5) is 29.3. The molecular formula is C10H10N4O3. The first-order chi connectivity index (χ1) is 8.16. The number of rotatable bonds is 3. The second-order valence-electron chi connectivity index (χ2n) is 3.41. The topological polar surface area (TPSA) is 101 Å². The van der Waals surface area contributed by atoms with Gasteiger partial charge in [-0.2, -0.15) is 0 Å². The van der Waals surface area contributed by atoms with Gasteiger partial charge in [-0.25, -0.2) is 4.98 Å². The van der Waals surface area contributed by atoms with Crippen LogP contribution in [0, 0.1) is 6.92 Å². The van der Waals surface area contributed by atoms with Crippen molar-refractivity contribution in [1.29, 1.82) is 0 Å². The molecule has 0 aliphatic rings. The van der Waals surface area contributed by atoms with E-state index in [9.17, 15) is 9.59 Å². The Bertz CT molecular complexity index is 573. The van der Waals surface area contributed by atoms with Crippen molar-refractivity contribution in [2.75, 3.05) is 5.32 Å². The molecule has 0 atom stereocenters. The molecule has 88 valence electrons. The summed E-state index contributed by atoms with van der Waals surface area (Å²) in [5.74, 6) is 0.0255. The van der Waals surface area contributed by atoms with Crippen LogP contribution in [0.5, 0.6) is 0 Å². The van der Waals surface area contributed by atoms with E-state index in [1.165, 1.54) is 18.7 Å². The standard InChI is InChI=1S/C10H10N4O3/c1-6-7(11-5-12-10(6)16)4-9(15)13-8-2-3-17-14-8/h2-3,5H,4H2,1H3,(H,11,12,16)(H,13,14,15). The Morgan fingerprint density at radius 3 is 3.12 bits per heavy atom. The molecule has 2 aromatic rings. The first kappa shape index (κ1) is 11.1. The number of hydrogen-bond donors (Lipinski definition) is 2. The number of nitrogens with zero attached hydrogens (tertiary/aromatic N) is 2. The van der Waals surface area contributed by atoms with Crippen LogP contribution >= 0.6 is 0 Å². The first-order valence-corrected chi connectivity index (χ1v) is 4.90. The SMILES string of the molecule is Cc1c(CC(=O)Nc2ccon2)nc[nH]c1=O. The molecule has 0 saturated carbocycles. The zero-order valence-electron chi connectivity index (χ0n) is 9.06. The fourth-order valence-corrected chi connectivity index (χ4v) is 1.30. The van der Waals surface area contributed by atoms with E-state index in [1.54, 1.807) is 6.92 Å². The van der Waals surface area contributed by atoms with Gasteiger partial charge in [0.05, 0.1) is 18.4 Å². The summed E-state index contributed by atoms with van der Waals surface area (Å²) in [5, 5.41) is 6.06. The van der Waals surface area contributed by atoms with E-state index in [4.69, 9.17) is 0 Å². The fourth-order valence-electron chi connectivity index (χ4n) is 1.30. The van der Waals surface area contributed by atoms with Gasteiger partial charge in [0.25, 0.3) is 5.56 Å². The van der Waals surface area contributed by atoms with Gasteiger partial charge in [-0.15, -0.1) is 0 Å². The highest BCUT2D eigenvalue weighted by Gasteiger charge is 2.10. The largest absolute Gasteiger partial charge is 0.363 e. The third-order valence-electron chi connectivity index (χ3n) is 2.22. The number of carbonyl (C=O) groups excluding carboxylic acids is 1. The lowest BCUT2D eigenvalue weighted by Crippen LogP contribution is -2.20. The molecule has 0 aliphatic heterocycles. The van der Waals surface area contributed by atoms with E-state index in [0.29, 0.717) is 17.1 Å². The highest BCUT2D eigenvalue weighted by atomic mass is 16.5. The quantitative estimate of drug-likeness (QED) is 0.792. The van der Waals surface area contributed by atoms with Crippen LogP contribution in [0.4, 0.5) is 5.82 Å². The number of H-pyrrole nitrogens is 1. The fraction of sp³-hybridized carbons (Fsp3) is 0.200. The maximum Gasteiger partial charge on any atom is 0.253 e. The van der Waals surface area contributed by atoms with Crippen molar-refractivity contribution in [3.63, 3.8) is 0 Å². The van der Waals surface area contributed by atoms with Crippen molar-refractivity contribution < 1.29 is 9.32 Å². The molecular weight excluding hydrogens is 224 g/mol. The molecule has 0 unspecified atom stereocenters. The summed E-state index contributed by atoms with van der Waals surface area (Å²) in [6.45, 7) is 1.62. The van der Waals surface area contributed by atoms with Gasteiger partial charge in [-0.1, -0.05) is 5.16 Å². The van der Waals surface area contributed by atoms with E-state index < -0.39 is 0 Å². The van der Waals surface area contributed by atoms with E-state index in [1.807, 2.05) is 0 Å². The number of anilines is 1. The molecule has 0 bridgehead atoms. The minimum atomic E-state index is -0.305. The minimum absolute atomic E-state index is 0.0165. The summed E-state index contributed by atoms with van der Waals surface area (Å²) in [5.41, 5.74) is 0.627. The molecule has 7 heteroatoms. The van der Waals surface area contributed by atoms with Gasteiger partial charge in [0.1, 0.15) is 6.26 Å². The molecule has 1 amide bonds. The zero-order valence-corrected chi connectivity index (χ0v) is 9.06. The van der Waals surface area contributed by atoms with Crippen molar-refractivity contribution in [1.82, 2.24) is 15.1 Å². The summed E-state index contributed by atoms with van der Waals surface area (Å²) in [6, 6.07) is 1.52. The lowest BCUT2D eigenvalue weighted by Gasteiger charge is -2.03. The third-order valence-corrected chi connectivity index (χ3v) is 2.22. The molecule has 0 fully saturated rings. The molecule has 2 heterocycles. The van der Waals surface area contributed by atoms with E-state index >= 15 is 0 Å². The van der Waals surface area contributed by atoms with Gasteiger partial charge in [0, 0.05) is 11.6 Å². The summed E-state index contributed by atoms with van der Waals surface area (Å²) in [7, 11) is 0. The lowest BCUT2D eigenvalue weighted by atomic mass is 10.2. The van der Waals surface area contributed by atoms with Crippen LogP contribution in [0.3, 0.4) is 0 Å². The van der Waals surface area contributed by atoms with Crippen LogP contribution in [0.2, 0.25) is 0 Å². The van der Waals surface area contributed by atoms with Crippen molar-refractivity contribution in [3.8, 4) is 0 Å². The molecule has 0 radical (unpaired) electrons. The monoisotopic (exact) mass is 234 g/mol. The Labute approximate surface area is 95.9 Å². The van der Waals surface area contributed by atoms with Crippen molar-refractivity contribution in [2.24, 2.45) is 0 Å². The Morgan fingerprint density at radius 1 is 1.59 bits per heavy atom. The molecule has 2 N–H and O–H groups in total. The second kappa shape index (κ2) is 4.60. The van der Waals surface area contributed by atoms with Crippen LogP contribution in [0.25, 0.3) is 0 Å². The Kier molecular flexibility index (Phi) is 2.99. The second-order valence-corrected chi connectivity index (χ2v) is 3.41. The average Bonchev–Trinajstić information content (AvgIpc) is 2.77. The normalized spacial score (nSPS) is 10.2. The van der Waals surface area contributed by atoms with Crippen molar-refractivity contribution in [3.05, 3.63) is 40.3 Å². The molecule has 0 aliphatic carbocycles. The highest BCUT2D eigenvalue weighted by Crippen LogP contribution is 2.04. The number of aromatic amines is 1. The molecule has 0 spiro atoms. The lowest BCUT2D eigenvalue weighted by molar-refractivity contribution is -0.115. The number of hydrogen-bond acceptors (Lipinski definition) is 5. The van der Waals surface area contributed by atoms with E-state index in [0.717, 1.165) is 0 Å². The van der Waals surface area contributed by atoms with Crippen molar-refractivity contribution >= 4 is 11.7 Å². The van der Waals surface area contributed by atoms with Gasteiger partial charge in [-0.3, -0.25) is 9.59 Å². The van der Waals surface area contributed by atoms with Gasteiger partial charge in [0.2, 0.25) is 5.91 Å². The smallest absolute Gasteiger partial charge is 0.253 e. The molecule has 0 aromatic carbocycles. The van der Waals surface area contributed by atoms with Crippen LogP contribution in [0.1, 0.15) is 11.3 Å². The number of amides is 1. The van der Waals surface area contributed by atoms with Crippen LogP contribution < -0.4 is 10.9 Å². The first-order valence-electron chi connectivity index (χ1n) is 4.90. The molecule has 17 heavy (non-hydrogen) atoms. The van der Waals surface area contributed by atoms with Gasteiger partial charge < -0.3 is 14.8 Å². The predicted molar refractivity (Wildman–Crippen MR) is 58.4 cm³/mol. The maximum absolute atomic E-state index is 11.6. The van der Waals surface area contributed by atoms with E-state index in [-0.39, 0.29) is 17.9 Å². The predicted octanol–water partition coefficient (Wildman–Crippen LogP) is 0.248. The number of carbonyl (C=O) groups is 1. The molecule has 2 aromatic heterocycles.